The van der Waals surface area contributed by atoms with Crippen molar-refractivity contribution in [2.45, 2.75) is 26.3 Å². The Labute approximate surface area is 167 Å². The van der Waals surface area contributed by atoms with E-state index < -0.39 is 0 Å². The van der Waals surface area contributed by atoms with E-state index in [0.717, 1.165) is 24.6 Å². The van der Waals surface area contributed by atoms with Crippen molar-refractivity contribution in [1.82, 2.24) is 20.4 Å². The lowest BCUT2D eigenvalue weighted by Gasteiger charge is -2.16. The van der Waals surface area contributed by atoms with Gasteiger partial charge in [-0.15, -0.1) is 24.0 Å². The van der Waals surface area contributed by atoms with E-state index in [-0.39, 0.29) is 30.0 Å². The first kappa shape index (κ1) is 21.4. The number of hydrogen-bond donors (Lipinski definition) is 2. The zero-order chi connectivity index (χ0) is 17.2. The van der Waals surface area contributed by atoms with E-state index in [0.29, 0.717) is 13.2 Å². The summed E-state index contributed by atoms with van der Waals surface area (Å²) in [5, 5.41) is 11.0. The molecule has 0 saturated carbocycles. The molecule has 7 heteroatoms. The van der Waals surface area contributed by atoms with Gasteiger partial charge in [-0.05, 0) is 38.0 Å². The lowest BCUT2D eigenvalue weighted by atomic mass is 10.2. The molecule has 0 saturated heterocycles. The van der Waals surface area contributed by atoms with E-state index in [9.17, 15) is 0 Å². The number of para-hydroxylation sites is 1. The van der Waals surface area contributed by atoms with Gasteiger partial charge in [-0.25, -0.2) is 4.68 Å². The van der Waals surface area contributed by atoms with Crippen molar-refractivity contribution in [1.29, 1.82) is 0 Å². The maximum Gasteiger partial charge on any atom is 0.191 e. The number of aromatic nitrogens is 2. The molecule has 0 spiro atoms. The van der Waals surface area contributed by atoms with Crippen LogP contribution >= 0.6 is 24.0 Å². The fraction of sp³-hybridized carbons (Fsp3) is 0.444. The monoisotopic (exact) mass is 457 g/mol. The maximum absolute atomic E-state index is 5.14. The van der Waals surface area contributed by atoms with Gasteiger partial charge in [0.25, 0.3) is 0 Å². The van der Waals surface area contributed by atoms with Crippen LogP contribution in [0.4, 0.5) is 0 Å². The third-order valence-corrected chi connectivity index (χ3v) is 3.47. The van der Waals surface area contributed by atoms with Crippen LogP contribution < -0.4 is 10.6 Å². The van der Waals surface area contributed by atoms with Crippen LogP contribution in [-0.2, 0) is 11.2 Å². The molecule has 0 fully saturated rings. The van der Waals surface area contributed by atoms with E-state index in [1.54, 1.807) is 7.11 Å². The predicted octanol–water partition coefficient (Wildman–Crippen LogP) is 2.62. The summed E-state index contributed by atoms with van der Waals surface area (Å²) in [4.78, 5) is 4.61. The van der Waals surface area contributed by atoms with Gasteiger partial charge >= 0.3 is 0 Å². The van der Waals surface area contributed by atoms with E-state index >= 15 is 0 Å². The molecule has 1 atom stereocenters. The van der Waals surface area contributed by atoms with Gasteiger partial charge in [-0.2, -0.15) is 5.10 Å². The minimum Gasteiger partial charge on any atom is -0.383 e. The van der Waals surface area contributed by atoms with Crippen LogP contribution in [0.5, 0.6) is 0 Å². The van der Waals surface area contributed by atoms with Crippen molar-refractivity contribution in [3.63, 3.8) is 0 Å². The van der Waals surface area contributed by atoms with Crippen molar-refractivity contribution < 1.29 is 4.74 Å². The average Bonchev–Trinajstić information content (AvgIpc) is 3.05. The Morgan fingerprint density at radius 3 is 2.76 bits per heavy atom. The molecule has 0 radical (unpaired) electrons. The van der Waals surface area contributed by atoms with E-state index in [1.807, 2.05) is 41.2 Å². The van der Waals surface area contributed by atoms with Crippen LogP contribution in [-0.4, -0.2) is 48.6 Å². The van der Waals surface area contributed by atoms with Crippen molar-refractivity contribution in [3.05, 3.63) is 48.3 Å². The fourth-order valence-corrected chi connectivity index (χ4v) is 2.35. The van der Waals surface area contributed by atoms with Crippen molar-refractivity contribution in [3.8, 4) is 5.69 Å². The SMILES string of the molecule is CCNC(=NCCc1cnn(-c2ccccc2)c1)NC(C)COC.I. The molecule has 0 amide bonds. The molecule has 1 aromatic carbocycles. The van der Waals surface area contributed by atoms with Crippen LogP contribution in [0.15, 0.2) is 47.7 Å². The Kier molecular flexibility index (Phi) is 10.2. The second-order valence-corrected chi connectivity index (χ2v) is 5.64. The number of halogens is 1. The number of nitrogens with zero attached hydrogens (tertiary/aromatic N) is 3. The van der Waals surface area contributed by atoms with Gasteiger partial charge in [0.2, 0.25) is 0 Å². The maximum atomic E-state index is 5.14. The number of guanidine groups is 1. The molecule has 2 rings (SSSR count). The Bertz CT molecular complexity index is 629. The summed E-state index contributed by atoms with van der Waals surface area (Å²) in [5.74, 6) is 0.817. The lowest BCUT2D eigenvalue weighted by Crippen LogP contribution is -2.44. The Hall–Kier alpha value is -1.61. The van der Waals surface area contributed by atoms with E-state index in [4.69, 9.17) is 4.74 Å². The molecule has 0 aliphatic rings. The van der Waals surface area contributed by atoms with Crippen molar-refractivity contribution in [2.75, 3.05) is 26.8 Å². The van der Waals surface area contributed by atoms with Gasteiger partial charge in [0.15, 0.2) is 5.96 Å². The van der Waals surface area contributed by atoms with Crippen LogP contribution in [0.25, 0.3) is 5.69 Å². The van der Waals surface area contributed by atoms with Gasteiger partial charge in [-0.3, -0.25) is 4.99 Å². The highest BCUT2D eigenvalue weighted by molar-refractivity contribution is 14.0. The summed E-state index contributed by atoms with van der Waals surface area (Å²) in [5.41, 5.74) is 2.24. The molecule has 25 heavy (non-hydrogen) atoms. The van der Waals surface area contributed by atoms with Gasteiger partial charge in [0.05, 0.1) is 18.5 Å². The van der Waals surface area contributed by atoms with Crippen LogP contribution in [0.1, 0.15) is 19.4 Å². The third-order valence-electron chi connectivity index (χ3n) is 3.47. The molecule has 138 valence electrons. The van der Waals surface area contributed by atoms with Crippen LogP contribution in [0.2, 0.25) is 0 Å². The van der Waals surface area contributed by atoms with Crippen LogP contribution in [0.3, 0.4) is 0 Å². The topological polar surface area (TPSA) is 63.5 Å². The van der Waals surface area contributed by atoms with Gasteiger partial charge in [0.1, 0.15) is 0 Å². The third kappa shape index (κ3) is 7.43. The molecule has 0 bridgehead atoms. The van der Waals surface area contributed by atoms with E-state index in [1.165, 1.54) is 5.56 Å². The molecule has 1 aromatic heterocycles. The molecule has 6 nitrogen and oxygen atoms in total. The highest BCUT2D eigenvalue weighted by Gasteiger charge is 2.05. The molecular weight excluding hydrogens is 429 g/mol. The Morgan fingerprint density at radius 1 is 1.32 bits per heavy atom. The van der Waals surface area contributed by atoms with Gasteiger partial charge in [0, 0.05) is 32.4 Å². The molecule has 2 N–H and O–H groups in total. The first-order chi connectivity index (χ1) is 11.7. The second-order valence-electron chi connectivity index (χ2n) is 5.64. The smallest absolute Gasteiger partial charge is 0.191 e. The number of aliphatic imine (C=N–C) groups is 1. The molecule has 0 aliphatic carbocycles. The minimum atomic E-state index is 0. The zero-order valence-corrected chi connectivity index (χ0v) is 17.4. The molecule has 1 heterocycles. The molecule has 1 unspecified atom stereocenters. The standard InChI is InChI=1S/C18H27N5O.HI/c1-4-19-18(22-15(2)14-24-3)20-11-10-16-12-21-23(13-16)17-8-6-5-7-9-17;/h5-9,12-13,15H,4,10-11,14H2,1-3H3,(H2,19,20,22);1H. The summed E-state index contributed by atoms with van der Waals surface area (Å²) < 4.78 is 7.04. The highest BCUT2D eigenvalue weighted by atomic mass is 127. The summed E-state index contributed by atoms with van der Waals surface area (Å²) in [6.45, 7) is 6.31. The molecular formula is C18H28IN5O. The Morgan fingerprint density at radius 2 is 2.08 bits per heavy atom. The lowest BCUT2D eigenvalue weighted by molar-refractivity contribution is 0.179. The number of hydrogen-bond acceptors (Lipinski definition) is 3. The molecule has 0 aliphatic heterocycles. The zero-order valence-electron chi connectivity index (χ0n) is 15.1. The number of methoxy groups -OCH3 is 1. The second kappa shape index (κ2) is 11.9. The minimum absolute atomic E-state index is 0. The summed E-state index contributed by atoms with van der Waals surface area (Å²) in [7, 11) is 1.70. The number of benzene rings is 1. The normalized spacial score (nSPS) is 12.4. The van der Waals surface area contributed by atoms with Gasteiger partial charge < -0.3 is 15.4 Å². The highest BCUT2D eigenvalue weighted by Crippen LogP contribution is 2.08. The fourth-order valence-electron chi connectivity index (χ4n) is 2.35. The van der Waals surface area contributed by atoms with Gasteiger partial charge in [-0.1, -0.05) is 18.2 Å². The number of ether oxygens (including phenoxy) is 1. The van der Waals surface area contributed by atoms with Crippen molar-refractivity contribution in [2.24, 2.45) is 4.99 Å². The predicted molar refractivity (Wildman–Crippen MR) is 113 cm³/mol. The average molecular weight is 457 g/mol. The first-order valence-electron chi connectivity index (χ1n) is 8.35. The summed E-state index contributed by atoms with van der Waals surface area (Å²) in [6, 6.07) is 10.3. The summed E-state index contributed by atoms with van der Waals surface area (Å²) in [6.07, 6.45) is 4.80. The Balaban J connectivity index is 0.00000312. The molecule has 2 aromatic rings. The van der Waals surface area contributed by atoms with Crippen molar-refractivity contribution >= 4 is 29.9 Å². The number of nitrogens with one attached hydrogen (secondary N) is 2. The van der Waals surface area contributed by atoms with E-state index in [2.05, 4.69) is 40.8 Å². The summed E-state index contributed by atoms with van der Waals surface area (Å²) >= 11 is 0. The number of rotatable bonds is 8. The first-order valence-corrected chi connectivity index (χ1v) is 8.35. The quantitative estimate of drug-likeness (QED) is 0.364. The largest absolute Gasteiger partial charge is 0.383 e. The van der Waals surface area contributed by atoms with Crippen LogP contribution in [0, 0.1) is 0 Å².